The van der Waals surface area contributed by atoms with Crippen molar-refractivity contribution in [2.75, 3.05) is 0 Å². The molecule has 2 aromatic carbocycles. The molecule has 19 heavy (non-hydrogen) atoms. The van der Waals surface area contributed by atoms with Crippen LogP contribution in [0.3, 0.4) is 0 Å². The number of ether oxygens (including phenoxy) is 1. The summed E-state index contributed by atoms with van der Waals surface area (Å²) < 4.78 is 5.64. The van der Waals surface area contributed by atoms with E-state index in [-0.39, 0.29) is 0 Å². The molecular formula is C14H13N3O2. The third-order valence-corrected chi connectivity index (χ3v) is 2.25. The Labute approximate surface area is 110 Å². The molecule has 0 unspecified atom stereocenters. The molecule has 3 N–H and O–H groups in total. The van der Waals surface area contributed by atoms with E-state index in [2.05, 4.69) is 10.5 Å². The van der Waals surface area contributed by atoms with Crippen molar-refractivity contribution in [2.24, 2.45) is 10.8 Å². The second-order valence-corrected chi connectivity index (χ2v) is 3.72. The number of amides is 2. The summed E-state index contributed by atoms with van der Waals surface area (Å²) in [4.78, 5) is 10.4. The van der Waals surface area contributed by atoms with Gasteiger partial charge in [0.1, 0.15) is 11.5 Å². The van der Waals surface area contributed by atoms with Crippen molar-refractivity contribution < 1.29 is 9.53 Å². The molecule has 2 amide bonds. The number of rotatable bonds is 4. The van der Waals surface area contributed by atoms with Gasteiger partial charge in [0.2, 0.25) is 0 Å². The van der Waals surface area contributed by atoms with Gasteiger partial charge >= 0.3 is 6.03 Å². The summed E-state index contributed by atoms with van der Waals surface area (Å²) in [6.07, 6.45) is 1.50. The van der Waals surface area contributed by atoms with Crippen LogP contribution >= 0.6 is 0 Å². The van der Waals surface area contributed by atoms with Gasteiger partial charge in [-0.2, -0.15) is 5.10 Å². The van der Waals surface area contributed by atoms with Crippen LogP contribution in [0.25, 0.3) is 0 Å². The minimum Gasteiger partial charge on any atom is -0.457 e. The molecule has 0 bridgehead atoms. The summed E-state index contributed by atoms with van der Waals surface area (Å²) in [5, 5.41) is 3.66. The van der Waals surface area contributed by atoms with E-state index in [1.54, 1.807) is 0 Å². The average Bonchev–Trinajstić information content (AvgIpc) is 2.42. The lowest BCUT2D eigenvalue weighted by Gasteiger charge is -2.05. The van der Waals surface area contributed by atoms with Gasteiger partial charge < -0.3 is 10.5 Å². The molecule has 0 saturated heterocycles. The van der Waals surface area contributed by atoms with E-state index in [0.717, 1.165) is 17.1 Å². The number of hydrogen-bond donors (Lipinski definition) is 2. The lowest BCUT2D eigenvalue weighted by atomic mass is 10.2. The molecule has 96 valence electrons. The first-order valence-electron chi connectivity index (χ1n) is 5.65. The van der Waals surface area contributed by atoms with Crippen molar-refractivity contribution >= 4 is 12.2 Å². The summed E-state index contributed by atoms with van der Waals surface area (Å²) in [6.45, 7) is 0. The van der Waals surface area contributed by atoms with Gasteiger partial charge in [0, 0.05) is 0 Å². The van der Waals surface area contributed by atoms with Crippen molar-refractivity contribution in [3.8, 4) is 11.5 Å². The van der Waals surface area contributed by atoms with Crippen LogP contribution in [-0.4, -0.2) is 12.2 Å². The van der Waals surface area contributed by atoms with Crippen molar-refractivity contribution in [3.05, 3.63) is 60.2 Å². The number of nitrogens with two attached hydrogens (primary N) is 1. The zero-order valence-electron chi connectivity index (χ0n) is 10.1. The molecular weight excluding hydrogens is 242 g/mol. The Hall–Kier alpha value is -2.82. The predicted molar refractivity (Wildman–Crippen MR) is 73.3 cm³/mol. The van der Waals surface area contributed by atoms with Crippen LogP contribution in [0, 0.1) is 0 Å². The number of hydrogen-bond acceptors (Lipinski definition) is 3. The Balaban J connectivity index is 1.98. The van der Waals surface area contributed by atoms with E-state index in [1.165, 1.54) is 6.21 Å². The second kappa shape index (κ2) is 6.20. The molecule has 5 heteroatoms. The minimum absolute atomic E-state index is 0.694. The molecule has 0 aliphatic carbocycles. The summed E-state index contributed by atoms with van der Waals surface area (Å²) >= 11 is 0. The number of urea groups is 1. The first-order valence-corrected chi connectivity index (χ1v) is 5.65. The monoisotopic (exact) mass is 255 g/mol. The van der Waals surface area contributed by atoms with Crippen LogP contribution in [0.1, 0.15) is 5.56 Å². The highest BCUT2D eigenvalue weighted by Gasteiger charge is 1.96. The van der Waals surface area contributed by atoms with Gasteiger partial charge in [-0.25, -0.2) is 10.2 Å². The van der Waals surface area contributed by atoms with Gasteiger partial charge in [0.25, 0.3) is 0 Å². The number of carbonyl (C=O) groups is 1. The molecule has 0 aliphatic heterocycles. The molecule has 0 atom stereocenters. The standard InChI is InChI=1S/C14H13N3O2/c15-14(18)17-16-10-11-6-8-13(9-7-11)19-12-4-2-1-3-5-12/h1-10H,(H3,15,17,18). The number of nitrogens with one attached hydrogen (secondary N) is 1. The van der Waals surface area contributed by atoms with Crippen LogP contribution in [0.5, 0.6) is 11.5 Å². The van der Waals surface area contributed by atoms with E-state index in [4.69, 9.17) is 10.5 Å². The topological polar surface area (TPSA) is 76.7 Å². The Morgan fingerprint density at radius 3 is 2.32 bits per heavy atom. The fourth-order valence-electron chi connectivity index (χ4n) is 1.42. The largest absolute Gasteiger partial charge is 0.457 e. The fraction of sp³-hybridized carbons (Fsp3) is 0. The van der Waals surface area contributed by atoms with E-state index in [1.807, 2.05) is 54.6 Å². The van der Waals surface area contributed by atoms with Gasteiger partial charge in [-0.1, -0.05) is 18.2 Å². The van der Waals surface area contributed by atoms with Gasteiger partial charge in [-0.15, -0.1) is 0 Å². The normalized spacial score (nSPS) is 10.3. The summed E-state index contributed by atoms with van der Waals surface area (Å²) in [6, 6.07) is 16.1. The zero-order chi connectivity index (χ0) is 13.5. The maximum atomic E-state index is 10.4. The molecule has 2 rings (SSSR count). The predicted octanol–water partition coefficient (Wildman–Crippen LogP) is 2.48. The highest BCUT2D eigenvalue weighted by molar-refractivity contribution is 5.81. The van der Waals surface area contributed by atoms with Crippen LogP contribution in [0.15, 0.2) is 59.7 Å². The molecule has 0 radical (unpaired) electrons. The molecule has 0 heterocycles. The maximum Gasteiger partial charge on any atom is 0.332 e. The number of primary amides is 1. The number of benzene rings is 2. The van der Waals surface area contributed by atoms with E-state index < -0.39 is 6.03 Å². The van der Waals surface area contributed by atoms with Crippen LogP contribution in [0.2, 0.25) is 0 Å². The quantitative estimate of drug-likeness (QED) is 0.650. The molecule has 0 saturated carbocycles. The number of carbonyl (C=O) groups excluding carboxylic acids is 1. The maximum absolute atomic E-state index is 10.4. The first kappa shape index (κ1) is 12.6. The third kappa shape index (κ3) is 4.16. The summed E-state index contributed by atoms with van der Waals surface area (Å²) in [7, 11) is 0. The average molecular weight is 255 g/mol. The Kier molecular flexibility index (Phi) is 4.12. The molecule has 5 nitrogen and oxygen atoms in total. The Bertz CT molecular complexity index is 565. The Morgan fingerprint density at radius 2 is 1.68 bits per heavy atom. The summed E-state index contributed by atoms with van der Waals surface area (Å²) in [5.41, 5.74) is 7.84. The molecule has 0 fully saturated rings. The van der Waals surface area contributed by atoms with Crippen molar-refractivity contribution in [1.82, 2.24) is 5.43 Å². The zero-order valence-corrected chi connectivity index (χ0v) is 10.1. The second-order valence-electron chi connectivity index (χ2n) is 3.72. The highest BCUT2D eigenvalue weighted by Crippen LogP contribution is 2.20. The smallest absolute Gasteiger partial charge is 0.332 e. The SMILES string of the molecule is NC(=O)NN=Cc1ccc(Oc2ccccc2)cc1. The van der Waals surface area contributed by atoms with Gasteiger partial charge in [0.05, 0.1) is 6.21 Å². The van der Waals surface area contributed by atoms with Crippen molar-refractivity contribution in [3.63, 3.8) is 0 Å². The highest BCUT2D eigenvalue weighted by atomic mass is 16.5. The van der Waals surface area contributed by atoms with Crippen LogP contribution in [-0.2, 0) is 0 Å². The fourth-order valence-corrected chi connectivity index (χ4v) is 1.42. The number of hydrazone groups is 1. The van der Waals surface area contributed by atoms with E-state index in [9.17, 15) is 4.79 Å². The lowest BCUT2D eigenvalue weighted by Crippen LogP contribution is -2.24. The Morgan fingerprint density at radius 1 is 1.05 bits per heavy atom. The van der Waals surface area contributed by atoms with Gasteiger partial charge in [-0.3, -0.25) is 0 Å². The minimum atomic E-state index is -0.694. The van der Waals surface area contributed by atoms with E-state index in [0.29, 0.717) is 0 Å². The molecule has 2 aromatic rings. The molecule has 0 aliphatic rings. The number of nitrogens with zero attached hydrogens (tertiary/aromatic N) is 1. The third-order valence-electron chi connectivity index (χ3n) is 2.25. The molecule has 0 aromatic heterocycles. The van der Waals surface area contributed by atoms with Gasteiger partial charge in [0.15, 0.2) is 0 Å². The van der Waals surface area contributed by atoms with Crippen LogP contribution < -0.4 is 15.9 Å². The lowest BCUT2D eigenvalue weighted by molar-refractivity contribution is 0.249. The molecule has 0 spiro atoms. The summed E-state index contributed by atoms with van der Waals surface area (Å²) in [5.74, 6) is 1.51. The van der Waals surface area contributed by atoms with Crippen LogP contribution in [0.4, 0.5) is 4.79 Å². The van der Waals surface area contributed by atoms with Gasteiger partial charge in [-0.05, 0) is 42.0 Å². The first-order chi connectivity index (χ1) is 9.24. The number of para-hydroxylation sites is 1. The van der Waals surface area contributed by atoms with Crippen molar-refractivity contribution in [1.29, 1.82) is 0 Å². The van der Waals surface area contributed by atoms with Crippen molar-refractivity contribution in [2.45, 2.75) is 0 Å². The van der Waals surface area contributed by atoms with E-state index >= 15 is 0 Å².